The summed E-state index contributed by atoms with van der Waals surface area (Å²) < 4.78 is 5.20. The largest absolute Gasteiger partial charge is 0.466 e. The van der Waals surface area contributed by atoms with E-state index in [9.17, 15) is 4.79 Å². The number of fused-ring (bicyclic) bond motifs is 5. The molecule has 5 atom stereocenters. The van der Waals surface area contributed by atoms with Gasteiger partial charge in [0.05, 0.1) is 6.61 Å². The van der Waals surface area contributed by atoms with Crippen molar-refractivity contribution in [1.82, 2.24) is 0 Å². The summed E-state index contributed by atoms with van der Waals surface area (Å²) in [5, 5.41) is 0. The third-order valence-corrected chi connectivity index (χ3v) is 5.07. The number of hydrogen-bond donors (Lipinski definition) is 0. The van der Waals surface area contributed by atoms with Crippen molar-refractivity contribution in [2.75, 3.05) is 6.61 Å². The van der Waals surface area contributed by atoms with Crippen LogP contribution in [-0.4, -0.2) is 12.6 Å². The standard InChI is InChI=1S/C13H20O2/c1-8(14)15-7-11-4-5-12-9-2-3-10(6-9)13(11)12/h9-13H,2-7H2,1H3/t9-,10+,11+,12-,13-/m1/s1. The van der Waals surface area contributed by atoms with Crippen molar-refractivity contribution in [1.29, 1.82) is 0 Å². The Morgan fingerprint density at radius 2 is 2.00 bits per heavy atom. The van der Waals surface area contributed by atoms with Gasteiger partial charge in [-0.3, -0.25) is 4.79 Å². The van der Waals surface area contributed by atoms with Gasteiger partial charge in [-0.2, -0.15) is 0 Å². The van der Waals surface area contributed by atoms with Crippen molar-refractivity contribution in [3.05, 3.63) is 0 Å². The van der Waals surface area contributed by atoms with E-state index in [1.807, 2.05) is 0 Å². The summed E-state index contributed by atoms with van der Waals surface area (Å²) in [5.41, 5.74) is 0. The first-order chi connectivity index (χ1) is 7.25. The molecule has 15 heavy (non-hydrogen) atoms. The average Bonchev–Trinajstić information content (AvgIpc) is 2.87. The summed E-state index contributed by atoms with van der Waals surface area (Å²) in [6, 6.07) is 0. The molecule has 0 aromatic heterocycles. The maximum Gasteiger partial charge on any atom is 0.302 e. The maximum atomic E-state index is 10.8. The summed E-state index contributed by atoms with van der Waals surface area (Å²) in [7, 11) is 0. The second-order valence-electron chi connectivity index (χ2n) is 5.71. The van der Waals surface area contributed by atoms with Crippen molar-refractivity contribution in [3.8, 4) is 0 Å². The molecule has 2 nitrogen and oxygen atoms in total. The number of esters is 1. The van der Waals surface area contributed by atoms with Gasteiger partial charge in [0.1, 0.15) is 0 Å². The minimum Gasteiger partial charge on any atom is -0.466 e. The van der Waals surface area contributed by atoms with E-state index in [1.165, 1.54) is 39.0 Å². The zero-order valence-electron chi connectivity index (χ0n) is 9.45. The average molecular weight is 208 g/mol. The van der Waals surface area contributed by atoms with Crippen LogP contribution in [0.1, 0.15) is 39.0 Å². The topological polar surface area (TPSA) is 26.3 Å². The highest BCUT2D eigenvalue weighted by Crippen LogP contribution is 2.60. The second kappa shape index (κ2) is 3.50. The Bertz CT molecular complexity index is 274. The molecule has 3 saturated carbocycles. The van der Waals surface area contributed by atoms with Crippen LogP contribution in [0.2, 0.25) is 0 Å². The molecular formula is C13H20O2. The Labute approximate surface area is 91.4 Å². The second-order valence-corrected chi connectivity index (χ2v) is 5.71. The number of ether oxygens (including phenoxy) is 1. The molecule has 0 saturated heterocycles. The third kappa shape index (κ3) is 1.49. The van der Waals surface area contributed by atoms with Crippen LogP contribution in [0.4, 0.5) is 0 Å². The van der Waals surface area contributed by atoms with Crippen LogP contribution in [0, 0.1) is 29.6 Å². The molecule has 2 bridgehead atoms. The van der Waals surface area contributed by atoms with Crippen LogP contribution in [0.3, 0.4) is 0 Å². The Hall–Kier alpha value is -0.530. The van der Waals surface area contributed by atoms with E-state index in [0.29, 0.717) is 12.5 Å². The fourth-order valence-electron chi connectivity index (χ4n) is 4.64. The number of rotatable bonds is 2. The molecule has 3 aliphatic carbocycles. The molecule has 3 fully saturated rings. The van der Waals surface area contributed by atoms with E-state index in [-0.39, 0.29) is 5.97 Å². The first kappa shape index (κ1) is 9.68. The third-order valence-electron chi connectivity index (χ3n) is 5.07. The normalized spacial score (nSPS) is 46.9. The number of carbonyl (C=O) groups is 1. The summed E-state index contributed by atoms with van der Waals surface area (Å²) in [6.45, 7) is 2.22. The first-order valence-corrected chi connectivity index (χ1v) is 6.39. The van der Waals surface area contributed by atoms with Gasteiger partial charge in [-0.1, -0.05) is 0 Å². The summed E-state index contributed by atoms with van der Waals surface area (Å²) in [6.07, 6.45) is 7.10. The molecule has 0 amide bonds. The van der Waals surface area contributed by atoms with Crippen LogP contribution in [0.25, 0.3) is 0 Å². The molecule has 0 aliphatic heterocycles. The van der Waals surface area contributed by atoms with E-state index in [0.717, 1.165) is 23.7 Å². The van der Waals surface area contributed by atoms with E-state index < -0.39 is 0 Å². The highest BCUT2D eigenvalue weighted by Gasteiger charge is 2.53. The first-order valence-electron chi connectivity index (χ1n) is 6.39. The quantitative estimate of drug-likeness (QED) is 0.652. The highest BCUT2D eigenvalue weighted by atomic mass is 16.5. The van der Waals surface area contributed by atoms with Crippen LogP contribution >= 0.6 is 0 Å². The number of carbonyl (C=O) groups excluding carboxylic acids is 1. The Kier molecular flexibility index (Phi) is 2.26. The van der Waals surface area contributed by atoms with Crippen molar-refractivity contribution in [2.45, 2.75) is 39.0 Å². The van der Waals surface area contributed by atoms with Gasteiger partial charge in [0.15, 0.2) is 0 Å². The van der Waals surface area contributed by atoms with Gasteiger partial charge >= 0.3 is 5.97 Å². The fraction of sp³-hybridized carbons (Fsp3) is 0.923. The van der Waals surface area contributed by atoms with Crippen molar-refractivity contribution < 1.29 is 9.53 Å². The zero-order valence-corrected chi connectivity index (χ0v) is 9.45. The minimum absolute atomic E-state index is 0.110. The van der Waals surface area contributed by atoms with E-state index >= 15 is 0 Å². The molecule has 0 heterocycles. The predicted molar refractivity (Wildman–Crippen MR) is 57.2 cm³/mol. The smallest absolute Gasteiger partial charge is 0.302 e. The van der Waals surface area contributed by atoms with Crippen LogP contribution < -0.4 is 0 Å². The molecular weight excluding hydrogens is 188 g/mol. The molecule has 0 aromatic rings. The Morgan fingerprint density at radius 3 is 2.80 bits per heavy atom. The Morgan fingerprint density at radius 1 is 1.20 bits per heavy atom. The van der Waals surface area contributed by atoms with Gasteiger partial charge in [-0.15, -0.1) is 0 Å². The lowest BCUT2D eigenvalue weighted by Crippen LogP contribution is -2.25. The molecule has 3 aliphatic rings. The van der Waals surface area contributed by atoms with Crippen LogP contribution in [0.5, 0.6) is 0 Å². The molecule has 3 rings (SSSR count). The monoisotopic (exact) mass is 208 g/mol. The van der Waals surface area contributed by atoms with E-state index in [1.54, 1.807) is 0 Å². The summed E-state index contributed by atoms with van der Waals surface area (Å²) >= 11 is 0. The molecule has 0 radical (unpaired) electrons. The molecule has 0 unspecified atom stereocenters. The van der Waals surface area contributed by atoms with Gasteiger partial charge in [0.25, 0.3) is 0 Å². The molecule has 0 spiro atoms. The van der Waals surface area contributed by atoms with Crippen molar-refractivity contribution in [2.24, 2.45) is 29.6 Å². The Balaban J connectivity index is 1.65. The van der Waals surface area contributed by atoms with Crippen LogP contribution in [-0.2, 0) is 9.53 Å². The lowest BCUT2D eigenvalue weighted by molar-refractivity contribution is -0.142. The van der Waals surface area contributed by atoms with Crippen molar-refractivity contribution in [3.63, 3.8) is 0 Å². The molecule has 0 aromatic carbocycles. The zero-order chi connectivity index (χ0) is 10.4. The molecule has 0 N–H and O–H groups in total. The lowest BCUT2D eigenvalue weighted by Gasteiger charge is -2.28. The van der Waals surface area contributed by atoms with Gasteiger partial charge in [0.2, 0.25) is 0 Å². The SMILES string of the molecule is CC(=O)OC[C@@H]1CC[C@@H]2[C@@H]3CC[C@@H](C3)[C@H]12. The van der Waals surface area contributed by atoms with Crippen molar-refractivity contribution >= 4 is 5.97 Å². The summed E-state index contributed by atoms with van der Waals surface area (Å²) in [4.78, 5) is 10.8. The van der Waals surface area contributed by atoms with Gasteiger partial charge < -0.3 is 4.74 Å². The molecule has 84 valence electrons. The van der Waals surface area contributed by atoms with E-state index in [2.05, 4.69) is 0 Å². The van der Waals surface area contributed by atoms with Gasteiger partial charge in [-0.25, -0.2) is 0 Å². The lowest BCUT2D eigenvalue weighted by atomic mass is 9.78. The minimum atomic E-state index is -0.110. The van der Waals surface area contributed by atoms with Gasteiger partial charge in [0, 0.05) is 6.92 Å². The maximum absolute atomic E-state index is 10.8. The highest BCUT2D eigenvalue weighted by molar-refractivity contribution is 5.65. The van der Waals surface area contributed by atoms with Gasteiger partial charge in [-0.05, 0) is 61.7 Å². The fourth-order valence-corrected chi connectivity index (χ4v) is 4.64. The van der Waals surface area contributed by atoms with E-state index in [4.69, 9.17) is 4.74 Å². The summed E-state index contributed by atoms with van der Waals surface area (Å²) in [5.74, 6) is 4.48. The molecule has 2 heteroatoms. The number of hydrogen-bond acceptors (Lipinski definition) is 2. The predicted octanol–water partition coefficient (Wildman–Crippen LogP) is 2.62. The van der Waals surface area contributed by atoms with Crippen LogP contribution in [0.15, 0.2) is 0 Å².